The summed E-state index contributed by atoms with van der Waals surface area (Å²) in [6, 6.07) is 0. The standard InChI is InChI=1S/C34H64FN2O9PSi/c1-7-8-9-10-11-12-13-14-15-16-17-18-19-20-22-42-23-21-24-43-47(40,41)44-27-30-29(46-48(5,6)34(2,3)4)25-31(45-30)37-26-28(35)32(38)36-33(37)39/h26,29-31H,7-25,27H2,1-6H3,(H,40,41)(H,36,38,39). The zero-order valence-electron chi connectivity index (χ0n) is 30.4. The van der Waals surface area contributed by atoms with Crippen molar-refractivity contribution >= 4 is 16.1 Å². The molecular formula is C34H64FN2O9PSi. The number of aromatic nitrogens is 2. The van der Waals surface area contributed by atoms with E-state index in [-0.39, 0.29) is 24.7 Å². The molecule has 4 unspecified atom stereocenters. The average molecular weight is 723 g/mol. The van der Waals surface area contributed by atoms with Crippen LogP contribution in [-0.4, -0.2) is 61.4 Å². The molecule has 1 aromatic rings. The van der Waals surface area contributed by atoms with Crippen LogP contribution in [0.1, 0.15) is 137 Å². The lowest BCUT2D eigenvalue weighted by Crippen LogP contribution is -2.46. The van der Waals surface area contributed by atoms with E-state index in [1.165, 1.54) is 77.0 Å². The van der Waals surface area contributed by atoms with E-state index >= 15 is 0 Å². The fourth-order valence-electron chi connectivity index (χ4n) is 5.42. The molecule has 280 valence electrons. The van der Waals surface area contributed by atoms with Crippen LogP contribution in [-0.2, 0) is 27.5 Å². The summed E-state index contributed by atoms with van der Waals surface area (Å²) in [6.07, 6.45) is 17.2. The fraction of sp³-hybridized carbons (Fsp3) is 0.882. The molecule has 1 fully saturated rings. The lowest BCUT2D eigenvalue weighted by molar-refractivity contribution is -0.0449. The van der Waals surface area contributed by atoms with Crippen molar-refractivity contribution in [2.24, 2.45) is 0 Å². The van der Waals surface area contributed by atoms with Gasteiger partial charge in [-0.1, -0.05) is 111 Å². The van der Waals surface area contributed by atoms with Gasteiger partial charge in [-0.2, -0.15) is 4.39 Å². The highest BCUT2D eigenvalue weighted by atomic mass is 31.2. The second-order valence-corrected chi connectivity index (χ2v) is 20.8. The first-order valence-corrected chi connectivity index (χ1v) is 22.6. The first-order valence-electron chi connectivity index (χ1n) is 18.2. The molecule has 2 N–H and O–H groups in total. The van der Waals surface area contributed by atoms with Crippen molar-refractivity contribution < 1.29 is 36.8 Å². The summed E-state index contributed by atoms with van der Waals surface area (Å²) >= 11 is 0. The van der Waals surface area contributed by atoms with Crippen LogP contribution in [0.15, 0.2) is 15.8 Å². The zero-order chi connectivity index (χ0) is 35.6. The number of unbranched alkanes of at least 4 members (excludes halogenated alkanes) is 13. The van der Waals surface area contributed by atoms with Gasteiger partial charge in [-0.25, -0.2) is 9.36 Å². The third-order valence-electron chi connectivity index (χ3n) is 9.40. The van der Waals surface area contributed by atoms with Gasteiger partial charge in [0.2, 0.25) is 5.82 Å². The summed E-state index contributed by atoms with van der Waals surface area (Å²) in [6.45, 7) is 13.3. The van der Waals surface area contributed by atoms with E-state index in [1.807, 2.05) is 18.1 Å². The number of halogens is 1. The maximum atomic E-state index is 14.0. The molecule has 14 heteroatoms. The molecule has 1 aliphatic rings. The highest BCUT2D eigenvalue weighted by molar-refractivity contribution is 7.47. The predicted octanol–water partition coefficient (Wildman–Crippen LogP) is 8.38. The Morgan fingerprint density at radius 2 is 1.46 bits per heavy atom. The normalized spacial score (nSPS) is 20.0. The number of ether oxygens (including phenoxy) is 2. The Balaban J connectivity index is 1.65. The summed E-state index contributed by atoms with van der Waals surface area (Å²) in [5.41, 5.74) is -1.96. The highest BCUT2D eigenvalue weighted by Gasteiger charge is 2.46. The van der Waals surface area contributed by atoms with Crippen LogP contribution in [0.5, 0.6) is 0 Å². The van der Waals surface area contributed by atoms with Gasteiger partial charge in [-0.15, -0.1) is 0 Å². The van der Waals surface area contributed by atoms with Crippen molar-refractivity contribution in [3.05, 3.63) is 32.9 Å². The third-order valence-corrected chi connectivity index (χ3v) is 14.9. The van der Waals surface area contributed by atoms with Crippen LogP contribution in [0, 0.1) is 5.82 Å². The zero-order valence-corrected chi connectivity index (χ0v) is 32.3. The minimum atomic E-state index is -4.42. The molecule has 0 radical (unpaired) electrons. The van der Waals surface area contributed by atoms with Gasteiger partial charge >= 0.3 is 13.5 Å². The Hall–Kier alpha value is -1.18. The first-order chi connectivity index (χ1) is 22.7. The van der Waals surface area contributed by atoms with Crippen molar-refractivity contribution in [2.45, 2.75) is 167 Å². The summed E-state index contributed by atoms with van der Waals surface area (Å²) in [4.78, 5) is 36.1. The minimum absolute atomic E-state index is 0.0172. The van der Waals surface area contributed by atoms with Gasteiger partial charge in [0.05, 0.1) is 25.5 Å². The van der Waals surface area contributed by atoms with E-state index in [2.05, 4.69) is 27.7 Å². The van der Waals surface area contributed by atoms with Crippen molar-refractivity contribution in [1.82, 2.24) is 9.55 Å². The molecule has 2 rings (SSSR count). The number of nitrogens with zero attached hydrogens (tertiary/aromatic N) is 1. The van der Waals surface area contributed by atoms with Gasteiger partial charge in [0, 0.05) is 19.6 Å². The quantitative estimate of drug-likeness (QED) is 0.0549. The number of phosphoric ester groups is 1. The van der Waals surface area contributed by atoms with Crippen molar-refractivity contribution in [1.29, 1.82) is 0 Å². The summed E-state index contributed by atoms with van der Waals surface area (Å²) in [5.74, 6) is -1.13. The number of H-pyrrole nitrogens is 1. The van der Waals surface area contributed by atoms with E-state index in [9.17, 15) is 23.4 Å². The molecule has 0 aromatic carbocycles. The number of nitrogens with one attached hydrogen (secondary N) is 1. The molecule has 0 saturated carbocycles. The maximum Gasteiger partial charge on any atom is 0.472 e. The van der Waals surface area contributed by atoms with Crippen LogP contribution in [0.2, 0.25) is 18.1 Å². The molecule has 0 spiro atoms. The lowest BCUT2D eigenvalue weighted by atomic mass is 10.0. The second kappa shape index (κ2) is 21.9. The van der Waals surface area contributed by atoms with E-state index < -0.39 is 51.6 Å². The molecule has 1 aromatic heterocycles. The Kier molecular flexibility index (Phi) is 19.6. The Labute approximate surface area is 288 Å². The monoisotopic (exact) mass is 722 g/mol. The Bertz CT molecular complexity index is 1210. The molecule has 48 heavy (non-hydrogen) atoms. The first kappa shape index (κ1) is 43.0. The van der Waals surface area contributed by atoms with Gasteiger partial charge in [-0.3, -0.25) is 23.4 Å². The summed E-state index contributed by atoms with van der Waals surface area (Å²) < 4.78 is 56.1. The van der Waals surface area contributed by atoms with Crippen LogP contribution in [0.3, 0.4) is 0 Å². The Morgan fingerprint density at radius 1 is 0.917 bits per heavy atom. The van der Waals surface area contributed by atoms with E-state index in [4.69, 9.17) is 22.9 Å². The second-order valence-electron chi connectivity index (χ2n) is 14.6. The topological polar surface area (TPSA) is 138 Å². The van der Waals surface area contributed by atoms with Gasteiger partial charge in [0.15, 0.2) is 8.32 Å². The van der Waals surface area contributed by atoms with Crippen LogP contribution in [0.25, 0.3) is 0 Å². The van der Waals surface area contributed by atoms with Crippen LogP contribution >= 0.6 is 7.82 Å². The molecular weight excluding hydrogens is 658 g/mol. The largest absolute Gasteiger partial charge is 0.472 e. The number of aromatic amines is 1. The van der Waals surface area contributed by atoms with Crippen molar-refractivity contribution in [3.63, 3.8) is 0 Å². The Morgan fingerprint density at radius 3 is 2.02 bits per heavy atom. The molecule has 0 aliphatic carbocycles. The number of hydrogen-bond acceptors (Lipinski definition) is 8. The van der Waals surface area contributed by atoms with Gasteiger partial charge in [0.25, 0.3) is 5.56 Å². The summed E-state index contributed by atoms with van der Waals surface area (Å²) in [5, 5.41) is -0.151. The smallest absolute Gasteiger partial charge is 0.411 e. The molecule has 0 amide bonds. The molecule has 1 saturated heterocycles. The van der Waals surface area contributed by atoms with Gasteiger partial charge < -0.3 is 18.8 Å². The number of rotatable bonds is 26. The highest BCUT2D eigenvalue weighted by Crippen LogP contribution is 2.46. The van der Waals surface area contributed by atoms with Crippen LogP contribution < -0.4 is 11.2 Å². The molecule has 4 atom stereocenters. The van der Waals surface area contributed by atoms with Crippen molar-refractivity contribution in [3.8, 4) is 0 Å². The third kappa shape index (κ3) is 16.2. The molecule has 0 bridgehead atoms. The average Bonchev–Trinajstić information content (AvgIpc) is 3.40. The van der Waals surface area contributed by atoms with Crippen LogP contribution in [0.4, 0.5) is 4.39 Å². The predicted molar refractivity (Wildman–Crippen MR) is 189 cm³/mol. The SMILES string of the molecule is CCCCCCCCCCCCCCCCOCCCOP(=O)(O)OCC1OC(n2cc(F)c(=O)[nH]c2=O)CC1O[Si](C)(C)C(C)(C)C. The molecule has 1 aliphatic heterocycles. The fourth-order valence-corrected chi connectivity index (χ4v) is 7.55. The van der Waals surface area contributed by atoms with Gasteiger partial charge in [0.1, 0.15) is 12.3 Å². The van der Waals surface area contributed by atoms with Crippen molar-refractivity contribution in [2.75, 3.05) is 26.4 Å². The molecule has 11 nitrogen and oxygen atoms in total. The lowest BCUT2D eigenvalue weighted by Gasteiger charge is -2.39. The van der Waals surface area contributed by atoms with E-state index in [1.54, 1.807) is 0 Å². The minimum Gasteiger partial charge on any atom is -0.411 e. The van der Waals surface area contributed by atoms with E-state index in [0.29, 0.717) is 19.6 Å². The number of phosphoric acid groups is 1. The van der Waals surface area contributed by atoms with Gasteiger partial charge in [-0.05, 0) is 31.0 Å². The maximum absolute atomic E-state index is 14.0. The van der Waals surface area contributed by atoms with E-state index in [0.717, 1.165) is 23.6 Å². The summed E-state index contributed by atoms with van der Waals surface area (Å²) in [7, 11) is -6.76. The number of hydrogen-bond donors (Lipinski definition) is 2. The molecule has 2 heterocycles.